The monoisotopic (exact) mass is 453 g/mol. The summed E-state index contributed by atoms with van der Waals surface area (Å²) in [6.07, 6.45) is 3.03. The van der Waals surface area contributed by atoms with Gasteiger partial charge in [-0.05, 0) is 43.0 Å². The topological polar surface area (TPSA) is 71.3 Å². The van der Waals surface area contributed by atoms with Gasteiger partial charge in [-0.2, -0.15) is 5.10 Å². The lowest BCUT2D eigenvalue weighted by molar-refractivity contribution is 0.0721. The summed E-state index contributed by atoms with van der Waals surface area (Å²) in [5, 5.41) is 6.65. The molecule has 0 radical (unpaired) electrons. The van der Waals surface area contributed by atoms with Crippen LogP contribution in [0.15, 0.2) is 35.2 Å². The van der Waals surface area contributed by atoms with E-state index in [1.54, 1.807) is 22.4 Å². The molecule has 0 bridgehead atoms. The van der Waals surface area contributed by atoms with Crippen LogP contribution in [0.4, 0.5) is 4.39 Å². The van der Waals surface area contributed by atoms with Gasteiger partial charge >= 0.3 is 0 Å². The quantitative estimate of drug-likeness (QED) is 0.574. The highest BCUT2D eigenvalue weighted by Crippen LogP contribution is 2.33. The van der Waals surface area contributed by atoms with Crippen molar-refractivity contribution in [2.45, 2.75) is 38.9 Å². The predicted molar refractivity (Wildman–Crippen MR) is 118 cm³/mol. The Morgan fingerprint density at radius 2 is 2.03 bits per heavy atom. The number of halogens is 1. The van der Waals surface area contributed by atoms with E-state index >= 15 is 0 Å². The number of fused-ring (bicyclic) bond motifs is 1. The highest BCUT2D eigenvalue weighted by Gasteiger charge is 2.33. The minimum atomic E-state index is -0.375. The third-order valence-electron chi connectivity index (χ3n) is 6.07. The molecule has 5 rings (SSSR count). The molecule has 1 saturated carbocycles. The van der Waals surface area contributed by atoms with Crippen molar-refractivity contribution in [3.63, 3.8) is 0 Å². The zero-order valence-electron chi connectivity index (χ0n) is 17.8. The summed E-state index contributed by atoms with van der Waals surface area (Å²) in [6.45, 7) is 2.09. The first-order valence-corrected chi connectivity index (χ1v) is 11.7. The molecular formula is C23H24FN5O2S. The van der Waals surface area contributed by atoms with Gasteiger partial charge in [0, 0.05) is 48.8 Å². The molecule has 2 amide bonds. The third-order valence-corrected chi connectivity index (χ3v) is 6.71. The predicted octanol–water partition coefficient (Wildman–Crippen LogP) is 3.36. The maximum absolute atomic E-state index is 13.3. The highest BCUT2D eigenvalue weighted by atomic mass is 32.1. The van der Waals surface area contributed by atoms with Crippen molar-refractivity contribution in [2.24, 2.45) is 5.92 Å². The van der Waals surface area contributed by atoms with Crippen molar-refractivity contribution in [3.05, 3.63) is 69.2 Å². The maximum atomic E-state index is 13.3. The first-order chi connectivity index (χ1) is 15.5. The molecule has 3 heterocycles. The number of nitrogens with zero attached hydrogens (tertiary/aromatic N) is 5. The Morgan fingerprint density at radius 1 is 1.25 bits per heavy atom. The zero-order chi connectivity index (χ0) is 22.2. The fourth-order valence-corrected chi connectivity index (χ4v) is 4.67. The second kappa shape index (κ2) is 8.46. The number of benzene rings is 1. The number of hydrogen-bond donors (Lipinski definition) is 0. The minimum absolute atomic E-state index is 0.167. The standard InChI is InChI=1S/C23H24FN5O2S/c1-27(11-18-13-32-14-25-18)23(31)21-19-12-28(22(30)16-4-6-17(24)7-5-16)9-8-20(19)29(26-21)10-15-2-3-15/h4-7,13-15H,2-3,8-12H2,1H3. The number of carbonyl (C=O) groups is 2. The summed E-state index contributed by atoms with van der Waals surface area (Å²) < 4.78 is 15.3. The molecule has 2 aromatic heterocycles. The molecule has 0 unspecified atom stereocenters. The van der Waals surface area contributed by atoms with E-state index in [1.807, 2.05) is 10.1 Å². The lowest BCUT2D eigenvalue weighted by atomic mass is 10.0. The molecule has 1 aliphatic carbocycles. The van der Waals surface area contributed by atoms with Gasteiger partial charge in [-0.1, -0.05) is 0 Å². The molecular weight excluding hydrogens is 429 g/mol. The summed E-state index contributed by atoms with van der Waals surface area (Å²) >= 11 is 1.50. The smallest absolute Gasteiger partial charge is 0.274 e. The van der Waals surface area contributed by atoms with Crippen molar-refractivity contribution in [2.75, 3.05) is 13.6 Å². The Hall–Kier alpha value is -3.07. The van der Waals surface area contributed by atoms with Crippen LogP contribution in [0, 0.1) is 11.7 Å². The van der Waals surface area contributed by atoms with Crippen molar-refractivity contribution >= 4 is 23.2 Å². The first kappa shape index (κ1) is 20.8. The molecule has 0 atom stereocenters. The maximum Gasteiger partial charge on any atom is 0.274 e. The number of carbonyl (C=O) groups excluding carboxylic acids is 2. The average Bonchev–Trinajstić information content (AvgIpc) is 3.33. The van der Waals surface area contributed by atoms with Crippen molar-refractivity contribution in [1.29, 1.82) is 0 Å². The first-order valence-electron chi connectivity index (χ1n) is 10.8. The molecule has 1 aromatic carbocycles. The van der Waals surface area contributed by atoms with Crippen LogP contribution in [-0.2, 0) is 26.1 Å². The van der Waals surface area contributed by atoms with E-state index in [2.05, 4.69) is 4.98 Å². The number of aromatic nitrogens is 3. The SMILES string of the molecule is CN(Cc1cscn1)C(=O)c1nn(CC2CC2)c2c1CN(C(=O)c1ccc(F)cc1)CC2. The van der Waals surface area contributed by atoms with Crippen molar-refractivity contribution < 1.29 is 14.0 Å². The lowest BCUT2D eigenvalue weighted by Gasteiger charge is -2.28. The van der Waals surface area contributed by atoms with Crippen LogP contribution in [-0.4, -0.2) is 50.0 Å². The van der Waals surface area contributed by atoms with Gasteiger partial charge in [-0.15, -0.1) is 11.3 Å². The van der Waals surface area contributed by atoms with Gasteiger partial charge in [0.05, 0.1) is 24.3 Å². The second-order valence-corrected chi connectivity index (χ2v) is 9.24. The van der Waals surface area contributed by atoms with E-state index in [-0.39, 0.29) is 17.6 Å². The zero-order valence-corrected chi connectivity index (χ0v) is 18.6. The minimum Gasteiger partial charge on any atom is -0.334 e. The van der Waals surface area contributed by atoms with E-state index in [4.69, 9.17) is 5.10 Å². The molecule has 1 fully saturated rings. The fraction of sp³-hybridized carbons (Fsp3) is 0.391. The Kier molecular flexibility index (Phi) is 5.50. The second-order valence-electron chi connectivity index (χ2n) is 8.52. The molecule has 3 aromatic rings. The Bertz CT molecular complexity index is 1140. The van der Waals surface area contributed by atoms with Crippen molar-refractivity contribution in [1.82, 2.24) is 24.6 Å². The van der Waals surface area contributed by atoms with E-state index < -0.39 is 0 Å². The molecule has 1 aliphatic heterocycles. The van der Waals surface area contributed by atoms with Gasteiger partial charge in [-0.3, -0.25) is 14.3 Å². The Balaban J connectivity index is 1.42. The van der Waals surface area contributed by atoms with E-state index in [9.17, 15) is 14.0 Å². The van der Waals surface area contributed by atoms with Crippen LogP contribution in [0.1, 0.15) is 50.6 Å². The Morgan fingerprint density at radius 3 is 2.72 bits per heavy atom. The number of amides is 2. The fourth-order valence-electron chi connectivity index (χ4n) is 4.12. The summed E-state index contributed by atoms with van der Waals surface area (Å²) in [6, 6.07) is 5.58. The van der Waals surface area contributed by atoms with Crippen LogP contribution in [0.25, 0.3) is 0 Å². The molecule has 9 heteroatoms. The summed E-state index contributed by atoms with van der Waals surface area (Å²) in [7, 11) is 1.75. The highest BCUT2D eigenvalue weighted by molar-refractivity contribution is 7.07. The molecule has 0 spiro atoms. The van der Waals surface area contributed by atoms with Crippen LogP contribution in [0.2, 0.25) is 0 Å². The summed E-state index contributed by atoms with van der Waals surface area (Å²) in [5.41, 5.74) is 5.31. The molecule has 7 nitrogen and oxygen atoms in total. The van der Waals surface area contributed by atoms with Gasteiger partial charge in [0.25, 0.3) is 11.8 Å². The largest absolute Gasteiger partial charge is 0.334 e. The summed E-state index contributed by atoms with van der Waals surface area (Å²) in [4.78, 5) is 33.9. The third kappa shape index (κ3) is 4.17. The van der Waals surface area contributed by atoms with Gasteiger partial charge in [-0.25, -0.2) is 9.37 Å². The van der Waals surface area contributed by atoms with Crippen LogP contribution in [0.5, 0.6) is 0 Å². The van der Waals surface area contributed by atoms with E-state index in [1.165, 1.54) is 48.4 Å². The normalized spacial score (nSPS) is 15.5. The Labute approximate surface area is 189 Å². The average molecular weight is 454 g/mol. The molecule has 2 aliphatic rings. The lowest BCUT2D eigenvalue weighted by Crippen LogP contribution is -2.37. The van der Waals surface area contributed by atoms with Crippen molar-refractivity contribution in [3.8, 4) is 0 Å². The van der Waals surface area contributed by atoms with Gasteiger partial charge in [0.1, 0.15) is 5.82 Å². The summed E-state index contributed by atoms with van der Waals surface area (Å²) in [5.74, 6) is -0.0897. The van der Waals surface area contributed by atoms with Crippen LogP contribution >= 0.6 is 11.3 Å². The van der Waals surface area contributed by atoms with Gasteiger partial charge in [0.15, 0.2) is 5.69 Å². The molecule has 0 saturated heterocycles. The van der Waals surface area contributed by atoms with Gasteiger partial charge < -0.3 is 9.80 Å². The molecule has 0 N–H and O–H groups in total. The van der Waals surface area contributed by atoms with Crippen LogP contribution in [0.3, 0.4) is 0 Å². The van der Waals surface area contributed by atoms with Crippen LogP contribution < -0.4 is 0 Å². The number of rotatable bonds is 6. The number of thiazole rings is 1. The molecule has 32 heavy (non-hydrogen) atoms. The molecule has 166 valence electrons. The van der Waals surface area contributed by atoms with E-state index in [0.29, 0.717) is 43.2 Å². The number of hydrogen-bond acceptors (Lipinski definition) is 5. The van der Waals surface area contributed by atoms with E-state index in [0.717, 1.165) is 23.5 Å². The van der Waals surface area contributed by atoms with Gasteiger partial charge in [0.2, 0.25) is 0 Å².